The van der Waals surface area contributed by atoms with Crippen LogP contribution in [-0.2, 0) is 5.41 Å². The first-order chi connectivity index (χ1) is 12.4. The van der Waals surface area contributed by atoms with E-state index < -0.39 is 5.41 Å². The Morgan fingerprint density at radius 2 is 1.65 bits per heavy atom. The third-order valence-corrected chi connectivity index (χ3v) is 3.95. The molecule has 0 heterocycles. The lowest BCUT2D eigenvalue weighted by Gasteiger charge is -2.16. The number of hydrogen-bond acceptors (Lipinski definition) is 4. The molecule has 0 saturated heterocycles. The molecule has 0 fully saturated rings. The van der Waals surface area contributed by atoms with Crippen LogP contribution in [0.4, 0.5) is 5.69 Å². The van der Waals surface area contributed by atoms with Crippen molar-refractivity contribution in [3.05, 3.63) is 53.6 Å². The molecule has 0 bridgehead atoms. The van der Waals surface area contributed by atoms with Crippen molar-refractivity contribution in [2.24, 2.45) is 0 Å². The molecular weight excluding hydrogens is 328 g/mol. The number of rotatable bonds is 7. The van der Waals surface area contributed by atoms with Crippen molar-refractivity contribution in [2.75, 3.05) is 18.5 Å². The third-order valence-electron chi connectivity index (χ3n) is 3.95. The molecule has 0 aliphatic heterocycles. The lowest BCUT2D eigenvalue weighted by atomic mass is 9.86. The minimum Gasteiger partial charge on any atom is -0.490 e. The van der Waals surface area contributed by atoms with Crippen LogP contribution in [0.3, 0.4) is 0 Å². The van der Waals surface area contributed by atoms with Crippen LogP contribution in [0.2, 0.25) is 0 Å². The van der Waals surface area contributed by atoms with E-state index in [1.807, 2.05) is 39.8 Å². The minimum atomic E-state index is -0.565. The number of hydrogen-bond donors (Lipinski definition) is 1. The van der Waals surface area contributed by atoms with Gasteiger partial charge in [-0.25, -0.2) is 0 Å². The van der Waals surface area contributed by atoms with Crippen molar-refractivity contribution < 1.29 is 14.3 Å². The Morgan fingerprint density at radius 1 is 1.04 bits per heavy atom. The van der Waals surface area contributed by atoms with Gasteiger partial charge in [-0.15, -0.1) is 0 Å². The maximum Gasteiger partial charge on any atom is 0.255 e. The Morgan fingerprint density at radius 3 is 2.23 bits per heavy atom. The number of ether oxygens (including phenoxy) is 2. The van der Waals surface area contributed by atoms with E-state index in [0.717, 1.165) is 5.56 Å². The molecule has 2 aromatic carbocycles. The van der Waals surface area contributed by atoms with E-state index in [0.29, 0.717) is 36.0 Å². The molecule has 2 aromatic rings. The summed E-state index contributed by atoms with van der Waals surface area (Å²) < 4.78 is 11.1. The first kappa shape index (κ1) is 19.3. The van der Waals surface area contributed by atoms with Crippen LogP contribution in [0.25, 0.3) is 0 Å². The summed E-state index contributed by atoms with van der Waals surface area (Å²) in [6.07, 6.45) is 0. The smallest absolute Gasteiger partial charge is 0.255 e. The Bertz CT molecular complexity index is 805. The van der Waals surface area contributed by atoms with Crippen LogP contribution >= 0.6 is 0 Å². The van der Waals surface area contributed by atoms with Gasteiger partial charge in [0.15, 0.2) is 11.5 Å². The zero-order valence-corrected chi connectivity index (χ0v) is 15.6. The van der Waals surface area contributed by atoms with Crippen molar-refractivity contribution >= 4 is 11.6 Å². The Labute approximate surface area is 154 Å². The number of amides is 1. The predicted octanol–water partition coefficient (Wildman–Crippen LogP) is 4.54. The lowest BCUT2D eigenvalue weighted by Crippen LogP contribution is -2.15. The summed E-state index contributed by atoms with van der Waals surface area (Å²) in [6, 6.07) is 14.7. The molecule has 5 heteroatoms. The van der Waals surface area contributed by atoms with Gasteiger partial charge in [0, 0.05) is 11.3 Å². The van der Waals surface area contributed by atoms with Gasteiger partial charge in [0.2, 0.25) is 0 Å². The number of benzene rings is 2. The topological polar surface area (TPSA) is 71.3 Å². The fraction of sp³-hybridized carbons (Fsp3) is 0.333. The average molecular weight is 352 g/mol. The Hall–Kier alpha value is -3.00. The Kier molecular flexibility index (Phi) is 6.24. The summed E-state index contributed by atoms with van der Waals surface area (Å²) in [7, 11) is 0. The molecule has 0 saturated carbocycles. The van der Waals surface area contributed by atoms with Crippen molar-refractivity contribution in [1.29, 1.82) is 5.26 Å². The standard InChI is InChI=1S/C21H24N2O3/c1-5-25-18-12-7-15(13-19(18)26-6-2)20(24)23-17-10-8-16(9-11-17)21(3,4)14-22/h7-13H,5-6H2,1-4H3,(H,23,24). The molecule has 0 spiro atoms. The monoisotopic (exact) mass is 352 g/mol. The van der Waals surface area contributed by atoms with Gasteiger partial charge in [-0.1, -0.05) is 12.1 Å². The van der Waals surface area contributed by atoms with Gasteiger partial charge in [0.25, 0.3) is 5.91 Å². The van der Waals surface area contributed by atoms with Gasteiger partial charge in [-0.2, -0.15) is 5.26 Å². The molecule has 0 aromatic heterocycles. The minimum absolute atomic E-state index is 0.235. The van der Waals surface area contributed by atoms with Gasteiger partial charge < -0.3 is 14.8 Å². The van der Waals surface area contributed by atoms with Gasteiger partial charge in [-0.3, -0.25) is 4.79 Å². The maximum absolute atomic E-state index is 12.5. The van der Waals surface area contributed by atoms with E-state index >= 15 is 0 Å². The SMILES string of the molecule is CCOc1ccc(C(=O)Nc2ccc(C(C)(C)C#N)cc2)cc1OCC. The van der Waals surface area contributed by atoms with E-state index in [9.17, 15) is 10.1 Å². The Balaban J connectivity index is 2.17. The molecule has 0 aliphatic rings. The molecule has 0 radical (unpaired) electrons. The fourth-order valence-corrected chi connectivity index (χ4v) is 2.43. The molecule has 0 atom stereocenters. The van der Waals surface area contributed by atoms with Gasteiger partial charge >= 0.3 is 0 Å². The number of nitrogens with one attached hydrogen (secondary N) is 1. The molecule has 26 heavy (non-hydrogen) atoms. The second-order valence-corrected chi connectivity index (χ2v) is 6.30. The van der Waals surface area contributed by atoms with Crippen LogP contribution in [0.15, 0.2) is 42.5 Å². The fourth-order valence-electron chi connectivity index (χ4n) is 2.43. The number of nitrogens with zero attached hydrogens (tertiary/aromatic N) is 1. The number of anilines is 1. The highest BCUT2D eigenvalue weighted by molar-refractivity contribution is 6.04. The molecule has 2 rings (SSSR count). The molecule has 136 valence electrons. The first-order valence-electron chi connectivity index (χ1n) is 8.64. The molecule has 0 unspecified atom stereocenters. The van der Waals surface area contributed by atoms with Crippen LogP contribution in [-0.4, -0.2) is 19.1 Å². The van der Waals surface area contributed by atoms with Crippen molar-refractivity contribution in [3.8, 4) is 17.6 Å². The molecule has 1 N–H and O–H groups in total. The second-order valence-electron chi connectivity index (χ2n) is 6.30. The zero-order chi connectivity index (χ0) is 19.2. The van der Waals surface area contributed by atoms with E-state index in [2.05, 4.69) is 11.4 Å². The first-order valence-corrected chi connectivity index (χ1v) is 8.64. The van der Waals surface area contributed by atoms with E-state index in [-0.39, 0.29) is 5.91 Å². The van der Waals surface area contributed by atoms with Crippen molar-refractivity contribution in [2.45, 2.75) is 33.1 Å². The molecule has 0 aliphatic carbocycles. The predicted molar refractivity (Wildman–Crippen MR) is 102 cm³/mol. The van der Waals surface area contributed by atoms with Crippen LogP contribution in [0.5, 0.6) is 11.5 Å². The number of carbonyl (C=O) groups is 1. The largest absolute Gasteiger partial charge is 0.490 e. The highest BCUT2D eigenvalue weighted by Crippen LogP contribution is 2.29. The van der Waals surface area contributed by atoms with Crippen molar-refractivity contribution in [3.63, 3.8) is 0 Å². The summed E-state index contributed by atoms with van der Waals surface area (Å²) in [5, 5.41) is 12.1. The molecule has 5 nitrogen and oxygen atoms in total. The quantitative estimate of drug-likeness (QED) is 0.794. The highest BCUT2D eigenvalue weighted by Gasteiger charge is 2.19. The van der Waals surface area contributed by atoms with Gasteiger partial charge in [-0.05, 0) is 63.6 Å². The molecular formula is C21H24N2O3. The summed E-state index contributed by atoms with van der Waals surface area (Å²) in [6.45, 7) is 8.50. The van der Waals surface area contributed by atoms with E-state index in [4.69, 9.17) is 9.47 Å². The normalized spacial score (nSPS) is 10.7. The van der Waals surface area contributed by atoms with Crippen molar-refractivity contribution in [1.82, 2.24) is 0 Å². The lowest BCUT2D eigenvalue weighted by molar-refractivity contribution is 0.102. The van der Waals surface area contributed by atoms with E-state index in [1.165, 1.54) is 0 Å². The number of carbonyl (C=O) groups excluding carboxylic acids is 1. The average Bonchev–Trinajstić information content (AvgIpc) is 2.64. The zero-order valence-electron chi connectivity index (χ0n) is 15.6. The second kappa shape index (κ2) is 8.39. The highest BCUT2D eigenvalue weighted by atomic mass is 16.5. The van der Waals surface area contributed by atoms with Crippen LogP contribution in [0.1, 0.15) is 43.6 Å². The summed E-state index contributed by atoms with van der Waals surface area (Å²) in [5.41, 5.74) is 1.49. The summed E-state index contributed by atoms with van der Waals surface area (Å²) in [5.74, 6) is 0.934. The van der Waals surface area contributed by atoms with Gasteiger partial charge in [0.05, 0.1) is 24.7 Å². The summed E-state index contributed by atoms with van der Waals surface area (Å²) in [4.78, 5) is 12.5. The van der Waals surface area contributed by atoms with Gasteiger partial charge in [0.1, 0.15) is 0 Å². The summed E-state index contributed by atoms with van der Waals surface area (Å²) >= 11 is 0. The third kappa shape index (κ3) is 4.54. The van der Waals surface area contributed by atoms with Crippen LogP contribution in [0, 0.1) is 11.3 Å². The van der Waals surface area contributed by atoms with E-state index in [1.54, 1.807) is 30.3 Å². The van der Waals surface area contributed by atoms with Crippen LogP contribution < -0.4 is 14.8 Å². The number of nitriles is 1. The molecule has 1 amide bonds. The maximum atomic E-state index is 12.5.